The Bertz CT molecular complexity index is 312. The summed E-state index contributed by atoms with van der Waals surface area (Å²) in [6.45, 7) is 1.83. The third-order valence-corrected chi connectivity index (χ3v) is 1.90. The van der Waals surface area contributed by atoms with Crippen molar-refractivity contribution in [3.8, 4) is 0 Å². The lowest BCUT2D eigenvalue weighted by molar-refractivity contribution is 0.614. The fourth-order valence-electron chi connectivity index (χ4n) is 0.852. The van der Waals surface area contributed by atoms with Gasteiger partial charge in [0.05, 0.1) is 5.75 Å². The zero-order chi connectivity index (χ0) is 8.27. The van der Waals surface area contributed by atoms with Crippen molar-refractivity contribution in [2.75, 3.05) is 0 Å². The van der Waals surface area contributed by atoms with Crippen LogP contribution in [0.1, 0.15) is 11.3 Å². The highest BCUT2D eigenvalue weighted by molar-refractivity contribution is 7.71. The molecule has 1 heterocycles. The summed E-state index contributed by atoms with van der Waals surface area (Å²) in [6.07, 6.45) is 1.61. The molecule has 0 saturated carbocycles. The molecule has 0 bridgehead atoms. The monoisotopic (exact) mass is 171 g/mol. The molecule has 0 N–H and O–H groups in total. The standard InChI is InChI=1S/C7H9NO2S/c1-6-4-7(2-3-8-6)5-11(9)10/h2-4,11H,5H2,1H3. The molecule has 1 aromatic rings. The molecule has 60 valence electrons. The van der Waals surface area contributed by atoms with Crippen LogP contribution in [0, 0.1) is 6.92 Å². The predicted molar refractivity (Wildman–Crippen MR) is 43.0 cm³/mol. The molecule has 0 aliphatic rings. The minimum absolute atomic E-state index is 0.110. The van der Waals surface area contributed by atoms with Gasteiger partial charge in [0.1, 0.15) is 10.7 Å². The number of aryl methyl sites for hydroxylation is 1. The molecule has 0 aliphatic heterocycles. The van der Waals surface area contributed by atoms with Crippen LogP contribution >= 0.6 is 0 Å². The number of aromatic nitrogens is 1. The summed E-state index contributed by atoms with van der Waals surface area (Å²) < 4.78 is 20.6. The van der Waals surface area contributed by atoms with Gasteiger partial charge < -0.3 is 0 Å². The fraction of sp³-hybridized carbons (Fsp3) is 0.286. The van der Waals surface area contributed by atoms with Crippen LogP contribution in [0.5, 0.6) is 0 Å². The molecule has 0 fully saturated rings. The maximum atomic E-state index is 10.3. The van der Waals surface area contributed by atoms with Gasteiger partial charge in [-0.05, 0) is 24.6 Å². The van der Waals surface area contributed by atoms with E-state index in [4.69, 9.17) is 0 Å². The number of thiol groups is 1. The highest BCUT2D eigenvalue weighted by Crippen LogP contribution is 2.01. The van der Waals surface area contributed by atoms with E-state index in [0.29, 0.717) is 0 Å². The zero-order valence-corrected chi connectivity index (χ0v) is 7.04. The van der Waals surface area contributed by atoms with Crippen molar-refractivity contribution in [2.24, 2.45) is 0 Å². The molecule has 0 aromatic carbocycles. The summed E-state index contributed by atoms with van der Waals surface area (Å²) in [5, 5.41) is 0. The molecule has 0 spiro atoms. The summed E-state index contributed by atoms with van der Waals surface area (Å²) in [6, 6.07) is 3.48. The Morgan fingerprint density at radius 2 is 2.27 bits per heavy atom. The lowest BCUT2D eigenvalue weighted by Gasteiger charge is -1.94. The Morgan fingerprint density at radius 1 is 1.55 bits per heavy atom. The minimum Gasteiger partial charge on any atom is -0.262 e. The second-order valence-electron chi connectivity index (χ2n) is 2.30. The summed E-state index contributed by atoms with van der Waals surface area (Å²) in [4.78, 5) is 3.95. The number of hydrogen-bond donors (Lipinski definition) is 1. The molecular weight excluding hydrogens is 162 g/mol. The van der Waals surface area contributed by atoms with E-state index in [1.165, 1.54) is 0 Å². The van der Waals surface area contributed by atoms with Crippen LogP contribution in [0.3, 0.4) is 0 Å². The fourth-order valence-corrected chi connectivity index (χ4v) is 1.35. The van der Waals surface area contributed by atoms with E-state index in [1.54, 1.807) is 18.3 Å². The van der Waals surface area contributed by atoms with Gasteiger partial charge in [0.25, 0.3) is 0 Å². The summed E-state index contributed by atoms with van der Waals surface area (Å²) in [7, 11) is -2.32. The molecule has 0 unspecified atom stereocenters. The van der Waals surface area contributed by atoms with Crippen molar-refractivity contribution in [2.45, 2.75) is 12.7 Å². The van der Waals surface area contributed by atoms with Crippen LogP contribution in [0.25, 0.3) is 0 Å². The number of pyridine rings is 1. The Balaban J connectivity index is 2.87. The molecule has 0 aliphatic carbocycles. The minimum atomic E-state index is -2.32. The van der Waals surface area contributed by atoms with Crippen molar-refractivity contribution < 1.29 is 8.42 Å². The molecule has 1 aromatic heterocycles. The van der Waals surface area contributed by atoms with Crippen molar-refractivity contribution in [3.05, 3.63) is 29.6 Å². The average Bonchev–Trinajstić information content (AvgIpc) is 1.85. The van der Waals surface area contributed by atoms with Gasteiger partial charge in [-0.15, -0.1) is 0 Å². The van der Waals surface area contributed by atoms with E-state index in [-0.39, 0.29) is 5.75 Å². The van der Waals surface area contributed by atoms with E-state index in [1.807, 2.05) is 6.92 Å². The van der Waals surface area contributed by atoms with Crippen LogP contribution in [-0.2, 0) is 16.5 Å². The molecule has 3 nitrogen and oxygen atoms in total. The molecule has 4 heteroatoms. The first kappa shape index (κ1) is 8.20. The largest absolute Gasteiger partial charge is 0.262 e. The van der Waals surface area contributed by atoms with Crippen molar-refractivity contribution in [1.82, 2.24) is 4.98 Å². The molecule has 0 atom stereocenters. The molecular formula is C7H9NO2S. The topological polar surface area (TPSA) is 47.0 Å². The summed E-state index contributed by atoms with van der Waals surface area (Å²) in [5.74, 6) is 0.110. The number of nitrogens with zero attached hydrogens (tertiary/aromatic N) is 1. The van der Waals surface area contributed by atoms with Gasteiger partial charge in [-0.1, -0.05) is 0 Å². The van der Waals surface area contributed by atoms with E-state index in [9.17, 15) is 8.42 Å². The smallest absolute Gasteiger partial charge is 0.144 e. The SMILES string of the molecule is Cc1cc(C[SH](=O)=O)ccn1. The Kier molecular flexibility index (Phi) is 2.59. The maximum Gasteiger partial charge on any atom is 0.144 e. The highest BCUT2D eigenvalue weighted by atomic mass is 32.2. The van der Waals surface area contributed by atoms with Gasteiger partial charge in [-0.3, -0.25) is 4.98 Å². The molecule has 11 heavy (non-hydrogen) atoms. The molecule has 1 rings (SSSR count). The highest BCUT2D eigenvalue weighted by Gasteiger charge is 1.93. The van der Waals surface area contributed by atoms with Crippen LogP contribution in [-0.4, -0.2) is 13.4 Å². The first-order valence-corrected chi connectivity index (χ1v) is 4.58. The summed E-state index contributed by atoms with van der Waals surface area (Å²) >= 11 is 0. The van der Waals surface area contributed by atoms with Crippen LogP contribution < -0.4 is 0 Å². The lowest BCUT2D eigenvalue weighted by atomic mass is 10.2. The maximum absolute atomic E-state index is 10.3. The second kappa shape index (κ2) is 3.48. The number of rotatable bonds is 2. The van der Waals surface area contributed by atoms with Crippen molar-refractivity contribution in [1.29, 1.82) is 0 Å². The molecule has 0 saturated heterocycles. The third kappa shape index (κ3) is 2.67. The van der Waals surface area contributed by atoms with Crippen molar-refractivity contribution >= 4 is 10.7 Å². The molecule has 0 amide bonds. The van der Waals surface area contributed by atoms with Crippen LogP contribution in [0.4, 0.5) is 0 Å². The van der Waals surface area contributed by atoms with E-state index in [0.717, 1.165) is 11.3 Å². The van der Waals surface area contributed by atoms with Gasteiger partial charge >= 0.3 is 0 Å². The average molecular weight is 171 g/mol. The van der Waals surface area contributed by atoms with Crippen LogP contribution in [0.2, 0.25) is 0 Å². The third-order valence-electron chi connectivity index (χ3n) is 1.27. The van der Waals surface area contributed by atoms with Gasteiger partial charge in [-0.2, -0.15) is 0 Å². The van der Waals surface area contributed by atoms with E-state index >= 15 is 0 Å². The van der Waals surface area contributed by atoms with Gasteiger partial charge in [0.15, 0.2) is 0 Å². The van der Waals surface area contributed by atoms with E-state index in [2.05, 4.69) is 4.98 Å². The Labute approximate surface area is 67.0 Å². The Morgan fingerprint density at radius 3 is 2.82 bits per heavy atom. The first-order valence-electron chi connectivity index (χ1n) is 3.22. The molecule has 0 radical (unpaired) electrons. The van der Waals surface area contributed by atoms with Gasteiger partial charge in [-0.25, -0.2) is 8.42 Å². The Hall–Kier alpha value is -0.900. The van der Waals surface area contributed by atoms with E-state index < -0.39 is 10.7 Å². The van der Waals surface area contributed by atoms with Gasteiger partial charge in [0, 0.05) is 11.9 Å². The zero-order valence-electron chi connectivity index (χ0n) is 6.15. The first-order chi connectivity index (χ1) is 5.18. The normalized spacial score (nSPS) is 10.4. The van der Waals surface area contributed by atoms with Gasteiger partial charge in [0.2, 0.25) is 0 Å². The lowest BCUT2D eigenvalue weighted by Crippen LogP contribution is -1.88. The summed E-state index contributed by atoms with van der Waals surface area (Å²) in [5.41, 5.74) is 1.65. The van der Waals surface area contributed by atoms with Crippen LogP contribution in [0.15, 0.2) is 18.3 Å². The quantitative estimate of drug-likeness (QED) is 0.659. The van der Waals surface area contributed by atoms with Crippen molar-refractivity contribution in [3.63, 3.8) is 0 Å². The second-order valence-corrected chi connectivity index (χ2v) is 3.28. The number of hydrogen-bond acceptors (Lipinski definition) is 3. The predicted octanol–water partition coefficient (Wildman–Crippen LogP) is 0.501.